The van der Waals surface area contributed by atoms with Crippen LogP contribution in [-0.2, 0) is 4.79 Å². The van der Waals surface area contributed by atoms with Gasteiger partial charge < -0.3 is 10.8 Å². The number of carboxylic acids is 1. The minimum Gasteiger partial charge on any atom is -0.481 e. The second-order valence-corrected chi connectivity index (χ2v) is 4.08. The van der Waals surface area contributed by atoms with Gasteiger partial charge in [0.2, 0.25) is 0 Å². The zero-order chi connectivity index (χ0) is 10.4. The highest BCUT2D eigenvalue weighted by atomic mass is 32.2. The molecule has 0 unspecified atom stereocenters. The third-order valence-electron chi connectivity index (χ3n) is 1.64. The minimum atomic E-state index is -0.842. The van der Waals surface area contributed by atoms with Crippen LogP contribution in [0.25, 0.3) is 0 Å². The van der Waals surface area contributed by atoms with Crippen LogP contribution in [0.3, 0.4) is 0 Å². The second kappa shape index (κ2) is 5.67. The van der Waals surface area contributed by atoms with Gasteiger partial charge in [0.15, 0.2) is 0 Å². The molecule has 0 aliphatic carbocycles. The van der Waals surface area contributed by atoms with E-state index in [-0.39, 0.29) is 12.5 Å². The zero-order valence-electron chi connectivity index (χ0n) is 7.72. The van der Waals surface area contributed by atoms with Crippen molar-refractivity contribution in [2.24, 2.45) is 5.73 Å². The molecule has 0 aromatic heterocycles. The number of aliphatic carboxylic acids is 1. The number of hydrogen-bond acceptors (Lipinski definition) is 3. The Morgan fingerprint density at radius 1 is 1.43 bits per heavy atom. The van der Waals surface area contributed by atoms with E-state index in [0.29, 0.717) is 5.75 Å². The first-order valence-corrected chi connectivity index (χ1v) is 5.32. The van der Waals surface area contributed by atoms with E-state index in [1.165, 1.54) is 0 Å². The molecule has 0 saturated carbocycles. The normalized spacial score (nSPS) is 12.4. The SMILES string of the molecule is N[C@@H](CSc1ccccc1)CC(=O)O. The van der Waals surface area contributed by atoms with Gasteiger partial charge in [-0.3, -0.25) is 4.79 Å². The highest BCUT2D eigenvalue weighted by molar-refractivity contribution is 7.99. The maximum absolute atomic E-state index is 10.3. The lowest BCUT2D eigenvalue weighted by atomic mass is 10.2. The molecule has 0 bridgehead atoms. The molecule has 0 heterocycles. The van der Waals surface area contributed by atoms with Crippen LogP contribution in [0.4, 0.5) is 0 Å². The maximum Gasteiger partial charge on any atom is 0.304 e. The van der Waals surface area contributed by atoms with E-state index < -0.39 is 5.97 Å². The Labute approximate surface area is 87.3 Å². The summed E-state index contributed by atoms with van der Waals surface area (Å²) in [7, 11) is 0. The summed E-state index contributed by atoms with van der Waals surface area (Å²) in [5, 5.41) is 8.49. The molecular formula is C10H13NO2S. The van der Waals surface area contributed by atoms with Crippen molar-refractivity contribution in [2.75, 3.05) is 5.75 Å². The maximum atomic E-state index is 10.3. The molecule has 1 rings (SSSR count). The van der Waals surface area contributed by atoms with Crippen LogP contribution in [0, 0.1) is 0 Å². The van der Waals surface area contributed by atoms with Crippen LogP contribution in [-0.4, -0.2) is 22.9 Å². The quantitative estimate of drug-likeness (QED) is 0.726. The molecule has 0 saturated heterocycles. The van der Waals surface area contributed by atoms with Gasteiger partial charge in [-0.25, -0.2) is 0 Å². The predicted molar refractivity (Wildman–Crippen MR) is 57.4 cm³/mol. The number of rotatable bonds is 5. The molecule has 3 N–H and O–H groups in total. The van der Waals surface area contributed by atoms with Crippen molar-refractivity contribution in [3.63, 3.8) is 0 Å². The zero-order valence-corrected chi connectivity index (χ0v) is 8.54. The second-order valence-electron chi connectivity index (χ2n) is 2.98. The van der Waals surface area contributed by atoms with Gasteiger partial charge >= 0.3 is 5.97 Å². The first-order chi connectivity index (χ1) is 6.68. The monoisotopic (exact) mass is 211 g/mol. The van der Waals surface area contributed by atoms with E-state index in [0.717, 1.165) is 4.90 Å². The summed E-state index contributed by atoms with van der Waals surface area (Å²) >= 11 is 1.58. The summed E-state index contributed by atoms with van der Waals surface area (Å²) in [4.78, 5) is 11.5. The molecule has 14 heavy (non-hydrogen) atoms. The molecule has 4 heteroatoms. The van der Waals surface area contributed by atoms with Gasteiger partial charge in [0, 0.05) is 16.7 Å². The molecule has 0 radical (unpaired) electrons. The van der Waals surface area contributed by atoms with Gasteiger partial charge in [-0.2, -0.15) is 0 Å². The highest BCUT2D eigenvalue weighted by Gasteiger charge is 2.07. The first kappa shape index (κ1) is 11.1. The van der Waals surface area contributed by atoms with Gasteiger partial charge in [0.25, 0.3) is 0 Å². The Kier molecular flexibility index (Phi) is 4.49. The van der Waals surface area contributed by atoms with Crippen LogP contribution >= 0.6 is 11.8 Å². The van der Waals surface area contributed by atoms with Crippen molar-refractivity contribution in [3.05, 3.63) is 30.3 Å². The van der Waals surface area contributed by atoms with Crippen molar-refractivity contribution in [1.29, 1.82) is 0 Å². The number of hydrogen-bond donors (Lipinski definition) is 2. The van der Waals surface area contributed by atoms with E-state index in [1.54, 1.807) is 11.8 Å². The topological polar surface area (TPSA) is 63.3 Å². The van der Waals surface area contributed by atoms with Crippen molar-refractivity contribution in [3.8, 4) is 0 Å². The summed E-state index contributed by atoms with van der Waals surface area (Å²) in [6.07, 6.45) is 0.0276. The van der Waals surface area contributed by atoms with Crippen molar-refractivity contribution < 1.29 is 9.90 Å². The van der Waals surface area contributed by atoms with Crippen molar-refractivity contribution in [1.82, 2.24) is 0 Å². The van der Waals surface area contributed by atoms with E-state index in [9.17, 15) is 4.79 Å². The number of benzene rings is 1. The molecule has 0 aliphatic rings. The summed E-state index contributed by atoms with van der Waals surface area (Å²) in [5.41, 5.74) is 5.62. The van der Waals surface area contributed by atoms with E-state index >= 15 is 0 Å². The number of carbonyl (C=O) groups is 1. The summed E-state index contributed by atoms with van der Waals surface area (Å²) < 4.78 is 0. The summed E-state index contributed by atoms with van der Waals surface area (Å²) in [6.45, 7) is 0. The van der Waals surface area contributed by atoms with Gasteiger partial charge in [0.1, 0.15) is 0 Å². The van der Waals surface area contributed by atoms with Crippen LogP contribution in [0.15, 0.2) is 35.2 Å². The van der Waals surface area contributed by atoms with Crippen molar-refractivity contribution >= 4 is 17.7 Å². The number of nitrogens with two attached hydrogens (primary N) is 1. The van der Waals surface area contributed by atoms with Gasteiger partial charge in [-0.15, -0.1) is 11.8 Å². The average molecular weight is 211 g/mol. The lowest BCUT2D eigenvalue weighted by Crippen LogP contribution is -2.26. The van der Waals surface area contributed by atoms with E-state index in [1.807, 2.05) is 30.3 Å². The van der Waals surface area contributed by atoms with Gasteiger partial charge in [-0.05, 0) is 12.1 Å². The molecule has 76 valence electrons. The number of carboxylic acid groups (broad SMARTS) is 1. The summed E-state index contributed by atoms with van der Waals surface area (Å²) in [5.74, 6) is -0.206. The predicted octanol–water partition coefficient (Wildman–Crippen LogP) is 1.58. The van der Waals surface area contributed by atoms with E-state index in [4.69, 9.17) is 10.8 Å². The third-order valence-corrected chi connectivity index (χ3v) is 2.84. The Hall–Kier alpha value is -1.00. The largest absolute Gasteiger partial charge is 0.481 e. The fraction of sp³-hybridized carbons (Fsp3) is 0.300. The molecule has 3 nitrogen and oxygen atoms in total. The Balaban J connectivity index is 2.30. The standard InChI is InChI=1S/C10H13NO2S/c11-8(6-10(12)13)7-14-9-4-2-1-3-5-9/h1-5,8H,6-7,11H2,(H,12,13)/t8-/m1/s1. The molecule has 0 amide bonds. The Morgan fingerprint density at radius 2 is 2.07 bits per heavy atom. The van der Waals surface area contributed by atoms with Crippen LogP contribution < -0.4 is 5.73 Å². The van der Waals surface area contributed by atoms with Crippen LogP contribution in [0.1, 0.15) is 6.42 Å². The molecular weight excluding hydrogens is 198 g/mol. The molecule has 0 spiro atoms. The van der Waals surface area contributed by atoms with Crippen LogP contribution in [0.2, 0.25) is 0 Å². The molecule has 1 atom stereocenters. The van der Waals surface area contributed by atoms with Crippen LogP contribution in [0.5, 0.6) is 0 Å². The lowest BCUT2D eigenvalue weighted by Gasteiger charge is -2.07. The molecule has 0 fully saturated rings. The third kappa shape index (κ3) is 4.30. The van der Waals surface area contributed by atoms with Gasteiger partial charge in [0.05, 0.1) is 6.42 Å². The molecule has 1 aromatic carbocycles. The highest BCUT2D eigenvalue weighted by Crippen LogP contribution is 2.17. The molecule has 0 aliphatic heterocycles. The minimum absolute atomic E-state index is 0.0276. The Morgan fingerprint density at radius 3 is 2.64 bits per heavy atom. The van der Waals surface area contributed by atoms with E-state index in [2.05, 4.69) is 0 Å². The smallest absolute Gasteiger partial charge is 0.304 e. The lowest BCUT2D eigenvalue weighted by molar-refractivity contribution is -0.137. The van der Waals surface area contributed by atoms with Gasteiger partial charge in [-0.1, -0.05) is 18.2 Å². The summed E-state index contributed by atoms with van der Waals surface area (Å²) in [6, 6.07) is 9.53. The first-order valence-electron chi connectivity index (χ1n) is 4.33. The number of thioether (sulfide) groups is 1. The fourth-order valence-corrected chi connectivity index (χ4v) is 1.88. The molecule has 1 aromatic rings. The average Bonchev–Trinajstić information content (AvgIpc) is 2.15. The fourth-order valence-electron chi connectivity index (χ4n) is 1.00. The Bertz CT molecular complexity index is 289. The van der Waals surface area contributed by atoms with Crippen molar-refractivity contribution in [2.45, 2.75) is 17.4 Å².